The molecule has 144 valence electrons. The van der Waals surface area contributed by atoms with Crippen molar-refractivity contribution in [1.29, 1.82) is 0 Å². The molecule has 0 spiro atoms. The molecule has 1 atom stereocenters. The molecule has 0 radical (unpaired) electrons. The molecule has 0 aliphatic carbocycles. The third-order valence-corrected chi connectivity index (χ3v) is 3.87. The lowest BCUT2D eigenvalue weighted by atomic mass is 10.2. The fourth-order valence-electron chi connectivity index (χ4n) is 2.54. The van der Waals surface area contributed by atoms with Crippen molar-refractivity contribution >= 4 is 11.5 Å². The maximum Gasteiger partial charge on any atom is 0.270 e. The van der Waals surface area contributed by atoms with Gasteiger partial charge >= 0.3 is 0 Å². The number of nitrogens with zero attached hydrogens (tertiary/aromatic N) is 3. The zero-order valence-electron chi connectivity index (χ0n) is 15.3. The van der Waals surface area contributed by atoms with Crippen molar-refractivity contribution < 1.29 is 14.8 Å². The van der Waals surface area contributed by atoms with Gasteiger partial charge in [-0.15, -0.1) is 0 Å². The summed E-state index contributed by atoms with van der Waals surface area (Å²) in [5, 5.41) is 24.1. The Morgan fingerprint density at radius 1 is 1.14 bits per heavy atom. The minimum Gasteiger partial charge on any atom is -0.491 e. The van der Waals surface area contributed by atoms with Gasteiger partial charge in [-0.2, -0.15) is 0 Å². The van der Waals surface area contributed by atoms with E-state index in [1.54, 1.807) is 18.2 Å². The van der Waals surface area contributed by atoms with Crippen LogP contribution in [0.5, 0.6) is 5.75 Å². The highest BCUT2D eigenvalue weighted by atomic mass is 16.6. The lowest BCUT2D eigenvalue weighted by Gasteiger charge is -2.14. The smallest absolute Gasteiger partial charge is 0.270 e. The van der Waals surface area contributed by atoms with Crippen LogP contribution in [-0.2, 0) is 0 Å². The van der Waals surface area contributed by atoms with E-state index in [1.807, 2.05) is 37.3 Å². The van der Waals surface area contributed by atoms with Crippen molar-refractivity contribution in [3.8, 4) is 17.1 Å². The number of aliphatic hydroxyl groups is 1. The number of ether oxygens (including phenoxy) is 1. The number of hydrogen-bond donors (Lipinski definition) is 2. The molecule has 28 heavy (non-hydrogen) atoms. The van der Waals surface area contributed by atoms with Gasteiger partial charge in [-0.1, -0.05) is 30.3 Å². The van der Waals surface area contributed by atoms with Crippen LogP contribution >= 0.6 is 0 Å². The number of para-hydroxylation sites is 1. The van der Waals surface area contributed by atoms with Crippen LogP contribution in [-0.4, -0.2) is 39.3 Å². The van der Waals surface area contributed by atoms with Crippen LogP contribution in [0.4, 0.5) is 11.5 Å². The van der Waals surface area contributed by atoms with E-state index < -0.39 is 11.0 Å². The van der Waals surface area contributed by atoms with Crippen LogP contribution in [0.25, 0.3) is 11.4 Å². The number of hydrogen-bond acceptors (Lipinski definition) is 7. The Balaban J connectivity index is 1.65. The summed E-state index contributed by atoms with van der Waals surface area (Å²) in [5.41, 5.74) is 1.23. The third-order valence-electron chi connectivity index (χ3n) is 3.87. The van der Waals surface area contributed by atoms with E-state index in [0.29, 0.717) is 28.6 Å². The van der Waals surface area contributed by atoms with E-state index in [-0.39, 0.29) is 18.8 Å². The van der Waals surface area contributed by atoms with Gasteiger partial charge < -0.3 is 15.2 Å². The molecule has 1 unspecified atom stereocenters. The van der Waals surface area contributed by atoms with Gasteiger partial charge in [-0.3, -0.25) is 10.1 Å². The third kappa shape index (κ3) is 5.24. The van der Waals surface area contributed by atoms with Gasteiger partial charge in [0.1, 0.15) is 24.3 Å². The summed E-state index contributed by atoms with van der Waals surface area (Å²) in [5.74, 6) is 1.58. The number of aromatic nitrogens is 2. The molecule has 1 heterocycles. The van der Waals surface area contributed by atoms with Crippen LogP contribution in [0.1, 0.15) is 5.69 Å². The highest BCUT2D eigenvalue weighted by molar-refractivity contribution is 5.61. The van der Waals surface area contributed by atoms with E-state index in [4.69, 9.17) is 4.74 Å². The second kappa shape index (κ2) is 8.92. The summed E-state index contributed by atoms with van der Waals surface area (Å²) < 4.78 is 5.52. The number of rotatable bonds is 8. The Morgan fingerprint density at radius 2 is 1.93 bits per heavy atom. The van der Waals surface area contributed by atoms with Crippen LogP contribution < -0.4 is 10.1 Å². The second-order valence-corrected chi connectivity index (χ2v) is 6.18. The van der Waals surface area contributed by atoms with E-state index in [0.717, 1.165) is 0 Å². The lowest BCUT2D eigenvalue weighted by Crippen LogP contribution is -2.26. The fraction of sp³-hybridized carbons (Fsp3) is 0.200. The van der Waals surface area contributed by atoms with Gasteiger partial charge in [-0.05, 0) is 19.1 Å². The Kier molecular flexibility index (Phi) is 6.13. The quantitative estimate of drug-likeness (QED) is 0.456. The normalized spacial score (nSPS) is 11.6. The number of non-ortho nitro benzene ring substituents is 1. The molecule has 8 nitrogen and oxygen atoms in total. The van der Waals surface area contributed by atoms with Crippen molar-refractivity contribution in [2.24, 2.45) is 0 Å². The molecule has 0 saturated carbocycles. The first-order chi connectivity index (χ1) is 13.5. The number of anilines is 1. The maximum absolute atomic E-state index is 11.0. The summed E-state index contributed by atoms with van der Waals surface area (Å²) in [7, 11) is 0. The SMILES string of the molecule is Cc1cc(NCC(O)COc2ccccc2)nc(-c2cccc([N+](=O)[O-])c2)n1. The summed E-state index contributed by atoms with van der Waals surface area (Å²) in [6, 6.07) is 17.2. The predicted octanol–water partition coefficient (Wildman–Crippen LogP) is 3.21. The molecule has 0 fully saturated rings. The Hall–Kier alpha value is -3.52. The first-order valence-corrected chi connectivity index (χ1v) is 8.71. The van der Waals surface area contributed by atoms with E-state index in [1.165, 1.54) is 12.1 Å². The summed E-state index contributed by atoms with van der Waals surface area (Å²) in [6.45, 7) is 2.18. The van der Waals surface area contributed by atoms with E-state index >= 15 is 0 Å². The van der Waals surface area contributed by atoms with Crippen molar-refractivity contribution in [2.45, 2.75) is 13.0 Å². The summed E-state index contributed by atoms with van der Waals surface area (Å²) in [4.78, 5) is 19.3. The molecule has 0 saturated heterocycles. The number of nitro benzene ring substituents is 1. The first-order valence-electron chi connectivity index (χ1n) is 8.71. The Morgan fingerprint density at radius 3 is 2.68 bits per heavy atom. The van der Waals surface area contributed by atoms with Gasteiger partial charge in [0.15, 0.2) is 5.82 Å². The average molecular weight is 380 g/mol. The van der Waals surface area contributed by atoms with Crippen LogP contribution in [0.15, 0.2) is 60.7 Å². The molecule has 0 aliphatic heterocycles. The highest BCUT2D eigenvalue weighted by Gasteiger charge is 2.11. The fourth-order valence-corrected chi connectivity index (χ4v) is 2.54. The molecule has 2 N–H and O–H groups in total. The van der Waals surface area contributed by atoms with Crippen molar-refractivity contribution in [3.63, 3.8) is 0 Å². The number of nitro groups is 1. The van der Waals surface area contributed by atoms with Crippen LogP contribution in [0.3, 0.4) is 0 Å². The predicted molar refractivity (Wildman–Crippen MR) is 105 cm³/mol. The van der Waals surface area contributed by atoms with Crippen molar-refractivity contribution in [3.05, 3.63) is 76.5 Å². The molecule has 0 amide bonds. The topological polar surface area (TPSA) is 110 Å². The van der Waals surface area contributed by atoms with Gasteiger partial charge in [-0.25, -0.2) is 9.97 Å². The first kappa shape index (κ1) is 19.2. The monoisotopic (exact) mass is 380 g/mol. The maximum atomic E-state index is 11.0. The number of benzene rings is 2. The molecule has 3 aromatic rings. The van der Waals surface area contributed by atoms with Gasteiger partial charge in [0, 0.05) is 36.0 Å². The van der Waals surface area contributed by atoms with E-state index in [9.17, 15) is 15.2 Å². The second-order valence-electron chi connectivity index (χ2n) is 6.18. The average Bonchev–Trinajstić information content (AvgIpc) is 2.71. The van der Waals surface area contributed by atoms with Crippen molar-refractivity contribution in [2.75, 3.05) is 18.5 Å². The molecule has 8 heteroatoms. The van der Waals surface area contributed by atoms with Gasteiger partial charge in [0.05, 0.1) is 4.92 Å². The highest BCUT2D eigenvalue weighted by Crippen LogP contribution is 2.22. The zero-order chi connectivity index (χ0) is 19.9. The zero-order valence-corrected chi connectivity index (χ0v) is 15.3. The largest absolute Gasteiger partial charge is 0.491 e. The minimum atomic E-state index is -0.739. The van der Waals surface area contributed by atoms with Gasteiger partial charge in [0.2, 0.25) is 0 Å². The Bertz CT molecular complexity index is 950. The van der Waals surface area contributed by atoms with E-state index in [2.05, 4.69) is 15.3 Å². The number of aliphatic hydroxyl groups excluding tert-OH is 1. The summed E-state index contributed by atoms with van der Waals surface area (Å²) >= 11 is 0. The van der Waals surface area contributed by atoms with Gasteiger partial charge in [0.25, 0.3) is 5.69 Å². The number of aryl methyl sites for hydroxylation is 1. The minimum absolute atomic E-state index is 0.0226. The molecule has 1 aromatic heterocycles. The summed E-state index contributed by atoms with van der Waals surface area (Å²) in [6.07, 6.45) is -0.739. The number of nitrogens with one attached hydrogen (secondary N) is 1. The molecular formula is C20H20N4O4. The van der Waals surface area contributed by atoms with Crippen LogP contribution in [0, 0.1) is 17.0 Å². The Labute approximate surface area is 162 Å². The van der Waals surface area contributed by atoms with Crippen molar-refractivity contribution in [1.82, 2.24) is 9.97 Å². The molecular weight excluding hydrogens is 360 g/mol. The van der Waals surface area contributed by atoms with Crippen LogP contribution in [0.2, 0.25) is 0 Å². The molecule has 0 bridgehead atoms. The molecule has 2 aromatic carbocycles. The standard InChI is InChI=1S/C20H20N4O4/c1-14-10-19(21-12-17(25)13-28-18-8-3-2-4-9-18)23-20(22-14)15-6-5-7-16(11-15)24(26)27/h2-11,17,25H,12-13H2,1H3,(H,21,22,23). The molecule has 0 aliphatic rings. The molecule has 3 rings (SSSR count). The lowest BCUT2D eigenvalue weighted by molar-refractivity contribution is -0.384.